The predicted octanol–water partition coefficient (Wildman–Crippen LogP) is 3.07. The molecule has 3 nitrogen and oxygen atoms in total. The Morgan fingerprint density at radius 1 is 1.17 bits per heavy atom. The monoisotopic (exact) mass is 250 g/mol. The maximum Gasteiger partial charge on any atom is 0.122 e. The fraction of sp³-hybridized carbons (Fsp3) is 0.600. The summed E-state index contributed by atoms with van der Waals surface area (Å²) in [5.74, 6) is 0.927. The van der Waals surface area contributed by atoms with Gasteiger partial charge in [0.15, 0.2) is 0 Å². The van der Waals surface area contributed by atoms with E-state index >= 15 is 0 Å². The fourth-order valence-corrected chi connectivity index (χ4v) is 2.21. The molecule has 1 rings (SSSR count). The van der Waals surface area contributed by atoms with Gasteiger partial charge in [-0.25, -0.2) is 0 Å². The molecule has 0 heterocycles. The highest BCUT2D eigenvalue weighted by atomic mass is 16.5. The van der Waals surface area contributed by atoms with E-state index in [1.807, 2.05) is 25.1 Å². The molecule has 0 aliphatic heterocycles. The SMILES string of the molecule is Cc1cc(N)ccc1OCCN(C(C)C)C(C)C. The first kappa shape index (κ1) is 14.8. The number of hydrogen-bond acceptors (Lipinski definition) is 3. The van der Waals surface area contributed by atoms with E-state index in [2.05, 4.69) is 32.6 Å². The first-order valence-electron chi connectivity index (χ1n) is 6.66. The second-order valence-corrected chi connectivity index (χ2v) is 5.30. The zero-order valence-electron chi connectivity index (χ0n) is 12.2. The lowest BCUT2D eigenvalue weighted by Crippen LogP contribution is -2.39. The van der Waals surface area contributed by atoms with Gasteiger partial charge in [0.05, 0.1) is 0 Å². The third-order valence-electron chi connectivity index (χ3n) is 3.13. The number of rotatable bonds is 6. The number of ether oxygens (including phenoxy) is 1. The van der Waals surface area contributed by atoms with Crippen LogP contribution in [0.2, 0.25) is 0 Å². The number of nitrogens with two attached hydrogens (primary N) is 1. The van der Waals surface area contributed by atoms with Gasteiger partial charge in [0.2, 0.25) is 0 Å². The molecule has 18 heavy (non-hydrogen) atoms. The smallest absolute Gasteiger partial charge is 0.122 e. The Kier molecular flexibility index (Phi) is 5.48. The molecule has 2 N–H and O–H groups in total. The predicted molar refractivity (Wildman–Crippen MR) is 78.1 cm³/mol. The van der Waals surface area contributed by atoms with Crippen molar-refractivity contribution in [3.63, 3.8) is 0 Å². The highest BCUT2D eigenvalue weighted by molar-refractivity contribution is 5.47. The van der Waals surface area contributed by atoms with Gasteiger partial charge in [-0.3, -0.25) is 4.90 Å². The lowest BCUT2D eigenvalue weighted by molar-refractivity contribution is 0.141. The molecule has 0 bridgehead atoms. The third-order valence-corrected chi connectivity index (χ3v) is 3.13. The Hall–Kier alpha value is -1.22. The van der Waals surface area contributed by atoms with E-state index in [1.54, 1.807) is 0 Å². The lowest BCUT2D eigenvalue weighted by atomic mass is 10.2. The van der Waals surface area contributed by atoms with Gasteiger partial charge in [-0.15, -0.1) is 0 Å². The molecular formula is C15H26N2O. The molecule has 1 aromatic carbocycles. The second kappa shape index (κ2) is 6.64. The van der Waals surface area contributed by atoms with E-state index in [1.165, 1.54) is 0 Å². The average molecular weight is 250 g/mol. The molecule has 0 saturated carbocycles. The van der Waals surface area contributed by atoms with Crippen LogP contribution < -0.4 is 10.5 Å². The molecule has 0 amide bonds. The van der Waals surface area contributed by atoms with Crippen LogP contribution in [0.15, 0.2) is 18.2 Å². The molecule has 0 aliphatic rings. The van der Waals surface area contributed by atoms with Gasteiger partial charge in [-0.1, -0.05) is 0 Å². The van der Waals surface area contributed by atoms with Gasteiger partial charge in [-0.05, 0) is 58.4 Å². The number of anilines is 1. The maximum absolute atomic E-state index is 5.83. The van der Waals surface area contributed by atoms with Crippen molar-refractivity contribution in [1.82, 2.24) is 4.90 Å². The van der Waals surface area contributed by atoms with E-state index in [4.69, 9.17) is 10.5 Å². The van der Waals surface area contributed by atoms with Crippen molar-refractivity contribution in [2.75, 3.05) is 18.9 Å². The molecule has 3 heteroatoms. The van der Waals surface area contributed by atoms with Gasteiger partial charge >= 0.3 is 0 Å². The summed E-state index contributed by atoms with van der Waals surface area (Å²) >= 11 is 0. The third kappa shape index (κ3) is 4.22. The van der Waals surface area contributed by atoms with Crippen molar-refractivity contribution in [3.05, 3.63) is 23.8 Å². The van der Waals surface area contributed by atoms with Crippen molar-refractivity contribution in [3.8, 4) is 5.75 Å². The Morgan fingerprint density at radius 2 is 1.78 bits per heavy atom. The molecule has 1 aromatic rings. The van der Waals surface area contributed by atoms with Crippen LogP contribution in [-0.4, -0.2) is 30.1 Å². The molecule has 0 fully saturated rings. The normalized spacial score (nSPS) is 11.6. The molecule has 0 spiro atoms. The highest BCUT2D eigenvalue weighted by Crippen LogP contribution is 2.20. The van der Waals surface area contributed by atoms with Crippen LogP contribution in [0.3, 0.4) is 0 Å². The van der Waals surface area contributed by atoms with E-state index in [0.29, 0.717) is 18.7 Å². The number of hydrogen-bond donors (Lipinski definition) is 1. The van der Waals surface area contributed by atoms with E-state index < -0.39 is 0 Å². The summed E-state index contributed by atoms with van der Waals surface area (Å²) in [7, 11) is 0. The Bertz CT molecular complexity index is 367. The van der Waals surface area contributed by atoms with E-state index in [-0.39, 0.29) is 0 Å². The van der Waals surface area contributed by atoms with Crippen molar-refractivity contribution in [2.45, 2.75) is 46.7 Å². The molecule has 102 valence electrons. The van der Waals surface area contributed by atoms with Gasteiger partial charge in [0.1, 0.15) is 12.4 Å². The van der Waals surface area contributed by atoms with E-state index in [0.717, 1.165) is 23.5 Å². The maximum atomic E-state index is 5.83. The molecule has 0 aliphatic carbocycles. The van der Waals surface area contributed by atoms with Crippen LogP contribution in [0.1, 0.15) is 33.3 Å². The molecule has 0 atom stereocenters. The van der Waals surface area contributed by atoms with Crippen molar-refractivity contribution < 1.29 is 4.74 Å². The highest BCUT2D eigenvalue weighted by Gasteiger charge is 2.13. The summed E-state index contributed by atoms with van der Waals surface area (Å²) in [6, 6.07) is 6.85. The molecular weight excluding hydrogens is 224 g/mol. The zero-order chi connectivity index (χ0) is 13.7. The molecule has 0 unspecified atom stereocenters. The lowest BCUT2D eigenvalue weighted by Gasteiger charge is -2.30. The van der Waals surface area contributed by atoms with Crippen LogP contribution in [-0.2, 0) is 0 Å². The van der Waals surface area contributed by atoms with Crippen LogP contribution in [0.25, 0.3) is 0 Å². The Labute approximate surface area is 111 Å². The standard InChI is InChI=1S/C15H26N2O/c1-11(2)17(12(3)4)8-9-18-15-7-6-14(16)10-13(15)5/h6-7,10-12H,8-9,16H2,1-5H3. The number of aryl methyl sites for hydroxylation is 1. The number of nitrogens with zero attached hydrogens (tertiary/aromatic N) is 1. The quantitative estimate of drug-likeness (QED) is 0.789. The first-order chi connectivity index (χ1) is 8.41. The van der Waals surface area contributed by atoms with Gasteiger partial charge < -0.3 is 10.5 Å². The molecule has 0 aromatic heterocycles. The number of nitrogen functional groups attached to an aromatic ring is 1. The minimum Gasteiger partial charge on any atom is -0.492 e. The summed E-state index contributed by atoms with van der Waals surface area (Å²) in [5, 5.41) is 0. The minimum absolute atomic E-state index is 0.543. The summed E-state index contributed by atoms with van der Waals surface area (Å²) in [5.41, 5.74) is 7.60. The van der Waals surface area contributed by atoms with Crippen molar-refractivity contribution >= 4 is 5.69 Å². The van der Waals surface area contributed by atoms with Crippen molar-refractivity contribution in [2.24, 2.45) is 0 Å². The largest absolute Gasteiger partial charge is 0.492 e. The van der Waals surface area contributed by atoms with Gasteiger partial charge in [-0.2, -0.15) is 0 Å². The van der Waals surface area contributed by atoms with E-state index in [9.17, 15) is 0 Å². The van der Waals surface area contributed by atoms with Crippen LogP contribution in [0, 0.1) is 6.92 Å². The van der Waals surface area contributed by atoms with Gasteiger partial charge in [0, 0.05) is 24.3 Å². The summed E-state index contributed by atoms with van der Waals surface area (Å²) in [4.78, 5) is 2.42. The van der Waals surface area contributed by atoms with Crippen LogP contribution in [0.5, 0.6) is 5.75 Å². The second-order valence-electron chi connectivity index (χ2n) is 5.30. The van der Waals surface area contributed by atoms with Crippen LogP contribution in [0.4, 0.5) is 5.69 Å². The molecule has 0 radical (unpaired) electrons. The summed E-state index contributed by atoms with van der Waals surface area (Å²) in [6.07, 6.45) is 0. The zero-order valence-corrected chi connectivity index (χ0v) is 12.2. The minimum atomic E-state index is 0.543. The Morgan fingerprint density at radius 3 is 2.28 bits per heavy atom. The average Bonchev–Trinajstić information content (AvgIpc) is 2.25. The molecule has 0 saturated heterocycles. The first-order valence-corrected chi connectivity index (χ1v) is 6.66. The Balaban J connectivity index is 2.50. The van der Waals surface area contributed by atoms with Crippen molar-refractivity contribution in [1.29, 1.82) is 0 Å². The topological polar surface area (TPSA) is 38.5 Å². The van der Waals surface area contributed by atoms with Crippen LogP contribution >= 0.6 is 0 Å². The summed E-state index contributed by atoms with van der Waals surface area (Å²) < 4.78 is 5.83. The summed E-state index contributed by atoms with van der Waals surface area (Å²) in [6.45, 7) is 12.5. The number of benzene rings is 1. The van der Waals surface area contributed by atoms with Gasteiger partial charge in [0.25, 0.3) is 0 Å². The fourth-order valence-electron chi connectivity index (χ4n) is 2.21.